The number of nitrogens with two attached hydrogens (primary N) is 1. The third kappa shape index (κ3) is 4.19. The molecule has 25 heavy (non-hydrogen) atoms. The molecule has 0 spiro atoms. The highest BCUT2D eigenvalue weighted by molar-refractivity contribution is 5.98. The zero-order valence-corrected chi connectivity index (χ0v) is 13.4. The van der Waals surface area contributed by atoms with Crippen LogP contribution < -0.4 is 11.1 Å². The summed E-state index contributed by atoms with van der Waals surface area (Å²) in [6, 6.07) is 13.9. The molecule has 132 valence electrons. The summed E-state index contributed by atoms with van der Waals surface area (Å²) < 4.78 is 25.8. The van der Waals surface area contributed by atoms with Gasteiger partial charge in [0, 0.05) is 5.56 Å². The van der Waals surface area contributed by atoms with E-state index in [4.69, 9.17) is 5.73 Å². The van der Waals surface area contributed by atoms with Crippen molar-refractivity contribution in [3.63, 3.8) is 0 Å². The van der Waals surface area contributed by atoms with Crippen molar-refractivity contribution in [3.8, 4) is 11.1 Å². The van der Waals surface area contributed by atoms with Crippen LogP contribution in [0, 0.1) is 0 Å². The minimum Gasteiger partial charge on any atom is -0.381 e. The van der Waals surface area contributed by atoms with Crippen LogP contribution >= 0.6 is 0 Å². The summed E-state index contributed by atoms with van der Waals surface area (Å²) in [4.78, 5) is 23.6. The van der Waals surface area contributed by atoms with Gasteiger partial charge in [0.15, 0.2) is 5.60 Å². The van der Waals surface area contributed by atoms with Gasteiger partial charge in [-0.3, -0.25) is 9.59 Å². The zero-order valence-electron chi connectivity index (χ0n) is 13.4. The Hall–Kier alpha value is -2.80. The molecule has 0 aliphatic heterocycles. The summed E-state index contributed by atoms with van der Waals surface area (Å²) in [5.74, 6) is -2.04. The van der Waals surface area contributed by atoms with E-state index in [9.17, 15) is 23.5 Å². The molecule has 0 saturated carbocycles. The number of aliphatic hydroxyl groups is 1. The summed E-state index contributed by atoms with van der Waals surface area (Å²) in [7, 11) is 0. The zero-order chi connectivity index (χ0) is 18.6. The van der Waals surface area contributed by atoms with Crippen molar-refractivity contribution < 1.29 is 23.5 Å². The van der Waals surface area contributed by atoms with E-state index in [0.717, 1.165) is 18.1 Å². The third-order valence-electron chi connectivity index (χ3n) is 3.84. The average Bonchev–Trinajstić information content (AvgIpc) is 2.59. The molecule has 2 atom stereocenters. The third-order valence-corrected chi connectivity index (χ3v) is 3.84. The molecule has 0 unspecified atom stereocenters. The molecule has 2 aromatic carbocycles. The Morgan fingerprint density at radius 3 is 2.04 bits per heavy atom. The average molecular weight is 348 g/mol. The van der Waals surface area contributed by atoms with E-state index in [-0.39, 0.29) is 5.56 Å². The largest absolute Gasteiger partial charge is 0.381 e. The van der Waals surface area contributed by atoms with Crippen LogP contribution in [0.5, 0.6) is 0 Å². The number of benzene rings is 2. The predicted molar refractivity (Wildman–Crippen MR) is 89.0 cm³/mol. The molecular weight excluding hydrogens is 330 g/mol. The summed E-state index contributed by atoms with van der Waals surface area (Å²) in [6.07, 6.45) is -3.26. The number of primary amides is 1. The van der Waals surface area contributed by atoms with Crippen molar-refractivity contribution in [1.82, 2.24) is 5.32 Å². The van der Waals surface area contributed by atoms with E-state index in [0.29, 0.717) is 0 Å². The van der Waals surface area contributed by atoms with Gasteiger partial charge in [0.1, 0.15) is 6.04 Å². The van der Waals surface area contributed by atoms with Gasteiger partial charge in [-0.05, 0) is 30.2 Å². The minimum absolute atomic E-state index is 0.149. The van der Waals surface area contributed by atoms with E-state index in [1.807, 2.05) is 30.3 Å². The fourth-order valence-electron chi connectivity index (χ4n) is 2.29. The van der Waals surface area contributed by atoms with Gasteiger partial charge < -0.3 is 16.2 Å². The Balaban J connectivity index is 2.18. The maximum absolute atomic E-state index is 12.9. The number of carbonyl (C=O) groups excluding carboxylic acids is 2. The molecule has 0 heterocycles. The molecule has 2 rings (SSSR count). The molecular formula is C18H18F2N2O3. The first-order valence-corrected chi connectivity index (χ1v) is 7.49. The van der Waals surface area contributed by atoms with E-state index in [2.05, 4.69) is 5.32 Å². The fourth-order valence-corrected chi connectivity index (χ4v) is 2.29. The number of halogens is 2. The number of amides is 2. The van der Waals surface area contributed by atoms with Crippen LogP contribution in [0.15, 0.2) is 54.6 Å². The molecule has 0 aromatic heterocycles. The van der Waals surface area contributed by atoms with Crippen molar-refractivity contribution in [2.75, 3.05) is 0 Å². The second kappa shape index (κ2) is 7.40. The van der Waals surface area contributed by atoms with Crippen LogP contribution in [-0.4, -0.2) is 35.0 Å². The summed E-state index contributed by atoms with van der Waals surface area (Å²) in [5, 5.41) is 11.8. The van der Waals surface area contributed by atoms with Gasteiger partial charge in [-0.1, -0.05) is 42.5 Å². The second-order valence-corrected chi connectivity index (χ2v) is 5.78. The van der Waals surface area contributed by atoms with Crippen LogP contribution in [0.4, 0.5) is 8.78 Å². The highest BCUT2D eigenvalue weighted by Crippen LogP contribution is 2.21. The fraction of sp³-hybridized carbons (Fsp3) is 0.222. The first-order valence-electron chi connectivity index (χ1n) is 7.49. The maximum atomic E-state index is 12.9. The Labute approximate surface area is 143 Å². The summed E-state index contributed by atoms with van der Waals surface area (Å²) in [5.41, 5.74) is 4.23. The van der Waals surface area contributed by atoms with Gasteiger partial charge in [-0.15, -0.1) is 0 Å². The van der Waals surface area contributed by atoms with Crippen molar-refractivity contribution in [2.45, 2.75) is 25.0 Å². The van der Waals surface area contributed by atoms with E-state index < -0.39 is 29.9 Å². The normalized spacial score (nSPS) is 14.6. The van der Waals surface area contributed by atoms with Crippen LogP contribution in [-0.2, 0) is 4.79 Å². The van der Waals surface area contributed by atoms with Crippen LogP contribution in [0.1, 0.15) is 17.3 Å². The quantitative estimate of drug-likeness (QED) is 0.745. The Bertz CT molecular complexity index is 747. The number of hydrogen-bond acceptors (Lipinski definition) is 3. The monoisotopic (exact) mass is 348 g/mol. The molecule has 0 aliphatic rings. The summed E-state index contributed by atoms with van der Waals surface area (Å²) in [6.45, 7) is 0.742. The molecule has 0 saturated heterocycles. The number of nitrogens with one attached hydrogen (secondary N) is 1. The lowest BCUT2D eigenvalue weighted by molar-refractivity contribution is -0.139. The lowest BCUT2D eigenvalue weighted by Gasteiger charge is -2.30. The number of alkyl halides is 2. The highest BCUT2D eigenvalue weighted by atomic mass is 19.3. The van der Waals surface area contributed by atoms with Crippen molar-refractivity contribution in [2.24, 2.45) is 5.73 Å². The lowest BCUT2D eigenvalue weighted by atomic mass is 9.95. The van der Waals surface area contributed by atoms with Crippen molar-refractivity contribution in [1.29, 1.82) is 0 Å². The Morgan fingerprint density at radius 1 is 1.04 bits per heavy atom. The molecule has 0 fully saturated rings. The number of rotatable bonds is 6. The van der Waals surface area contributed by atoms with Crippen molar-refractivity contribution in [3.05, 3.63) is 60.2 Å². The number of carbonyl (C=O) groups is 2. The molecule has 0 aliphatic carbocycles. The molecule has 4 N–H and O–H groups in total. The lowest BCUT2D eigenvalue weighted by Crippen LogP contribution is -2.61. The molecule has 2 amide bonds. The molecule has 0 radical (unpaired) electrons. The van der Waals surface area contributed by atoms with Gasteiger partial charge in [-0.25, -0.2) is 8.78 Å². The van der Waals surface area contributed by atoms with Gasteiger partial charge in [-0.2, -0.15) is 0 Å². The smallest absolute Gasteiger partial charge is 0.269 e. The predicted octanol–water partition coefficient (Wildman–Crippen LogP) is 1.95. The van der Waals surface area contributed by atoms with Gasteiger partial charge in [0.25, 0.3) is 12.3 Å². The van der Waals surface area contributed by atoms with Crippen LogP contribution in [0.2, 0.25) is 0 Å². The number of hydrogen-bond donors (Lipinski definition) is 3. The van der Waals surface area contributed by atoms with Gasteiger partial charge >= 0.3 is 0 Å². The molecule has 0 bridgehead atoms. The minimum atomic E-state index is -3.26. The van der Waals surface area contributed by atoms with E-state index in [1.165, 1.54) is 12.1 Å². The maximum Gasteiger partial charge on any atom is 0.269 e. The first-order chi connectivity index (χ1) is 11.7. The SMILES string of the molecule is C[C@@](O)(C(F)F)[C@H](NC(=O)c1ccc(-c2ccccc2)cc1)C(N)=O. The summed E-state index contributed by atoms with van der Waals surface area (Å²) >= 11 is 0. The van der Waals surface area contributed by atoms with Crippen molar-refractivity contribution >= 4 is 11.8 Å². The Morgan fingerprint density at radius 2 is 1.56 bits per heavy atom. The van der Waals surface area contributed by atoms with Gasteiger partial charge in [0.05, 0.1) is 0 Å². The molecule has 2 aromatic rings. The molecule has 7 heteroatoms. The van der Waals surface area contributed by atoms with E-state index >= 15 is 0 Å². The second-order valence-electron chi connectivity index (χ2n) is 5.78. The van der Waals surface area contributed by atoms with Crippen LogP contribution in [0.3, 0.4) is 0 Å². The van der Waals surface area contributed by atoms with Crippen LogP contribution in [0.25, 0.3) is 11.1 Å². The Kier molecular flexibility index (Phi) is 5.48. The van der Waals surface area contributed by atoms with E-state index in [1.54, 1.807) is 12.1 Å². The topological polar surface area (TPSA) is 92.4 Å². The first kappa shape index (κ1) is 18.5. The highest BCUT2D eigenvalue weighted by Gasteiger charge is 2.45. The molecule has 5 nitrogen and oxygen atoms in total. The van der Waals surface area contributed by atoms with Gasteiger partial charge in [0.2, 0.25) is 5.91 Å². The standard InChI is InChI=1S/C18H18F2N2O3/c1-18(25,17(19)20)14(15(21)23)22-16(24)13-9-7-12(8-10-13)11-5-3-2-4-6-11/h2-10,14,17,25H,1H3,(H2,21,23)(H,22,24)/t14-,18+/m1/s1.